The van der Waals surface area contributed by atoms with Crippen LogP contribution in [0, 0.1) is 11.3 Å². The highest BCUT2D eigenvalue weighted by atomic mass is 32.2. The molecule has 0 bridgehead atoms. The largest absolute Gasteiger partial charge is 0.497 e. The number of carbonyl (C=O) groups excluding carboxylic acids is 2. The van der Waals surface area contributed by atoms with Gasteiger partial charge in [-0.3, -0.25) is 9.59 Å². The Hall–Kier alpha value is -2.85. The van der Waals surface area contributed by atoms with Crippen molar-refractivity contribution in [3.8, 4) is 5.75 Å². The first-order valence-corrected chi connectivity index (χ1v) is 15.5. The van der Waals surface area contributed by atoms with Crippen molar-refractivity contribution < 1.29 is 14.3 Å². The number of benzene rings is 1. The van der Waals surface area contributed by atoms with Crippen LogP contribution in [0.25, 0.3) is 10.2 Å². The van der Waals surface area contributed by atoms with Crippen LogP contribution >= 0.6 is 23.1 Å². The predicted molar refractivity (Wildman–Crippen MR) is 160 cm³/mol. The lowest BCUT2D eigenvalue weighted by molar-refractivity contribution is -0.128. The van der Waals surface area contributed by atoms with Crippen LogP contribution in [0.5, 0.6) is 5.75 Å². The van der Waals surface area contributed by atoms with Crippen molar-refractivity contribution in [2.75, 3.05) is 55.0 Å². The van der Waals surface area contributed by atoms with Crippen LogP contribution in [-0.2, 0) is 22.4 Å². The van der Waals surface area contributed by atoms with Gasteiger partial charge in [-0.25, -0.2) is 9.97 Å². The molecular formula is C29H37N5O3S2. The lowest BCUT2D eigenvalue weighted by atomic mass is 9.72. The Kier molecular flexibility index (Phi) is 8.32. The molecule has 2 aliphatic rings. The molecule has 39 heavy (non-hydrogen) atoms. The number of nitrogens with one attached hydrogen (secondary N) is 1. The molecule has 5 rings (SSSR count). The molecule has 1 atom stereocenters. The first-order valence-electron chi connectivity index (χ1n) is 13.5. The Labute approximate surface area is 238 Å². The van der Waals surface area contributed by atoms with E-state index in [0.717, 1.165) is 42.3 Å². The molecule has 1 saturated heterocycles. The molecule has 1 N–H and O–H groups in total. The van der Waals surface area contributed by atoms with Crippen molar-refractivity contribution in [2.45, 2.75) is 40.0 Å². The van der Waals surface area contributed by atoms with E-state index in [1.165, 1.54) is 34.0 Å². The number of amides is 2. The molecule has 3 aromatic rings. The third-order valence-electron chi connectivity index (χ3n) is 7.81. The number of thiophene rings is 1. The summed E-state index contributed by atoms with van der Waals surface area (Å²) < 4.78 is 5.14. The second kappa shape index (κ2) is 11.7. The monoisotopic (exact) mass is 567 g/mol. The molecule has 0 unspecified atom stereocenters. The topological polar surface area (TPSA) is 87.7 Å². The van der Waals surface area contributed by atoms with Crippen LogP contribution < -0.4 is 15.0 Å². The summed E-state index contributed by atoms with van der Waals surface area (Å²) in [5.74, 6) is 2.92. The Morgan fingerprint density at radius 1 is 1.10 bits per heavy atom. The number of thioether (sulfide) groups is 1. The van der Waals surface area contributed by atoms with Gasteiger partial charge in [-0.1, -0.05) is 20.8 Å². The highest BCUT2D eigenvalue weighted by Crippen LogP contribution is 2.44. The van der Waals surface area contributed by atoms with Crippen molar-refractivity contribution in [3.05, 3.63) is 41.0 Å². The lowest BCUT2D eigenvalue weighted by Crippen LogP contribution is -2.49. The van der Waals surface area contributed by atoms with Crippen LogP contribution in [-0.4, -0.2) is 71.5 Å². The first-order chi connectivity index (χ1) is 18.7. The first kappa shape index (κ1) is 27.7. The van der Waals surface area contributed by atoms with E-state index in [2.05, 4.69) is 36.0 Å². The molecule has 2 amide bonds. The van der Waals surface area contributed by atoms with Crippen LogP contribution in [0.3, 0.4) is 0 Å². The maximum absolute atomic E-state index is 12.8. The summed E-state index contributed by atoms with van der Waals surface area (Å²) in [4.78, 5) is 41.2. The van der Waals surface area contributed by atoms with Crippen molar-refractivity contribution >= 4 is 56.6 Å². The molecular weight excluding hydrogens is 530 g/mol. The molecule has 1 aliphatic carbocycles. The van der Waals surface area contributed by atoms with E-state index in [0.29, 0.717) is 35.9 Å². The molecule has 0 saturated carbocycles. The van der Waals surface area contributed by atoms with Crippen molar-refractivity contribution in [2.24, 2.45) is 11.3 Å². The van der Waals surface area contributed by atoms with E-state index < -0.39 is 0 Å². The zero-order chi connectivity index (χ0) is 27.6. The average molecular weight is 568 g/mol. The summed E-state index contributed by atoms with van der Waals surface area (Å²) in [6.45, 7) is 9.83. The number of rotatable bonds is 7. The van der Waals surface area contributed by atoms with Crippen molar-refractivity contribution in [1.29, 1.82) is 0 Å². The normalized spacial score (nSPS) is 17.7. The molecule has 1 aliphatic heterocycles. The molecule has 2 aromatic heterocycles. The van der Waals surface area contributed by atoms with E-state index in [1.54, 1.807) is 37.7 Å². The number of piperazine rings is 1. The van der Waals surface area contributed by atoms with E-state index in [9.17, 15) is 9.59 Å². The van der Waals surface area contributed by atoms with E-state index >= 15 is 0 Å². The number of hydrogen-bond donors (Lipinski definition) is 1. The summed E-state index contributed by atoms with van der Waals surface area (Å²) in [6.07, 6.45) is 5.09. The summed E-state index contributed by atoms with van der Waals surface area (Å²) in [7, 11) is 1.60. The third kappa shape index (κ3) is 6.32. The number of anilines is 2. The van der Waals surface area contributed by atoms with Gasteiger partial charge in [0.15, 0.2) is 0 Å². The van der Waals surface area contributed by atoms with Gasteiger partial charge in [-0.2, -0.15) is 0 Å². The summed E-state index contributed by atoms with van der Waals surface area (Å²) >= 11 is 3.18. The number of aromatic nitrogens is 2. The Morgan fingerprint density at radius 3 is 2.54 bits per heavy atom. The number of nitrogens with zero attached hydrogens (tertiary/aromatic N) is 4. The summed E-state index contributed by atoms with van der Waals surface area (Å²) in [5.41, 5.74) is 2.46. The minimum atomic E-state index is -0.122. The second-order valence-corrected chi connectivity index (χ2v) is 13.4. The van der Waals surface area contributed by atoms with Gasteiger partial charge in [0, 0.05) is 36.7 Å². The van der Waals surface area contributed by atoms with Gasteiger partial charge in [0.1, 0.15) is 22.7 Å². The summed E-state index contributed by atoms with van der Waals surface area (Å²) in [6, 6.07) is 7.19. The number of methoxy groups -OCH3 is 1. The molecule has 1 aromatic carbocycles. The SMILES string of the molecule is COc1ccc(NC(=O)CSCC(=O)N2CCN(c3ncnc4sc5c(c34)CC[C@H](C(C)(C)C)C5)CC2)cc1. The van der Waals surface area contributed by atoms with Gasteiger partial charge in [-0.15, -0.1) is 23.1 Å². The Bertz CT molecular complexity index is 1330. The second-order valence-electron chi connectivity index (χ2n) is 11.3. The Morgan fingerprint density at radius 2 is 1.85 bits per heavy atom. The van der Waals surface area contributed by atoms with Crippen molar-refractivity contribution in [3.63, 3.8) is 0 Å². The molecule has 208 valence electrons. The average Bonchev–Trinajstić information content (AvgIpc) is 3.31. The van der Waals surface area contributed by atoms with Gasteiger partial charge in [0.25, 0.3) is 0 Å². The lowest BCUT2D eigenvalue weighted by Gasteiger charge is -2.36. The summed E-state index contributed by atoms with van der Waals surface area (Å²) in [5, 5.41) is 4.08. The van der Waals surface area contributed by atoms with E-state index in [-0.39, 0.29) is 17.6 Å². The number of aryl methyl sites for hydroxylation is 1. The molecule has 0 spiro atoms. The van der Waals surface area contributed by atoms with Crippen LogP contribution in [0.4, 0.5) is 11.5 Å². The number of carbonyl (C=O) groups is 2. The zero-order valence-electron chi connectivity index (χ0n) is 23.2. The number of ether oxygens (including phenoxy) is 1. The van der Waals surface area contributed by atoms with Gasteiger partial charge < -0.3 is 19.9 Å². The Balaban J connectivity index is 1.13. The third-order valence-corrected chi connectivity index (χ3v) is 9.89. The van der Waals surface area contributed by atoms with E-state index in [1.807, 2.05) is 16.2 Å². The molecule has 1 fully saturated rings. The van der Waals surface area contributed by atoms with Crippen LogP contribution in [0.1, 0.15) is 37.6 Å². The fraction of sp³-hybridized carbons (Fsp3) is 0.517. The maximum Gasteiger partial charge on any atom is 0.234 e. The van der Waals surface area contributed by atoms with Crippen molar-refractivity contribution in [1.82, 2.24) is 14.9 Å². The fourth-order valence-corrected chi connectivity index (χ4v) is 7.41. The van der Waals surface area contributed by atoms with Gasteiger partial charge in [-0.05, 0) is 60.4 Å². The molecule has 8 nitrogen and oxygen atoms in total. The smallest absolute Gasteiger partial charge is 0.234 e. The maximum atomic E-state index is 12.8. The molecule has 0 radical (unpaired) electrons. The highest BCUT2D eigenvalue weighted by molar-refractivity contribution is 8.00. The quantitative estimate of drug-likeness (QED) is 0.436. The van der Waals surface area contributed by atoms with Gasteiger partial charge in [0.05, 0.1) is 24.0 Å². The van der Waals surface area contributed by atoms with E-state index in [4.69, 9.17) is 9.72 Å². The number of hydrogen-bond acceptors (Lipinski definition) is 8. The van der Waals surface area contributed by atoms with Gasteiger partial charge in [0.2, 0.25) is 11.8 Å². The standard InChI is InChI=1S/C29H37N5O3S2/c1-29(2,3)19-5-10-22-23(15-19)39-28-26(22)27(30-18-31-28)34-13-11-33(12-14-34)25(36)17-38-16-24(35)32-20-6-8-21(37-4)9-7-20/h6-9,18-19H,5,10-17H2,1-4H3,(H,32,35)/t19-/m0/s1. The van der Waals surface area contributed by atoms with Crippen LogP contribution in [0.2, 0.25) is 0 Å². The molecule has 3 heterocycles. The minimum Gasteiger partial charge on any atom is -0.497 e. The zero-order valence-corrected chi connectivity index (χ0v) is 24.8. The van der Waals surface area contributed by atoms with Gasteiger partial charge >= 0.3 is 0 Å². The fourth-order valence-electron chi connectivity index (χ4n) is 5.43. The predicted octanol–water partition coefficient (Wildman–Crippen LogP) is 4.87. The van der Waals surface area contributed by atoms with Crippen LogP contribution in [0.15, 0.2) is 30.6 Å². The molecule has 10 heteroatoms. The highest BCUT2D eigenvalue weighted by Gasteiger charge is 2.33. The number of fused-ring (bicyclic) bond motifs is 3. The minimum absolute atomic E-state index is 0.0749.